The summed E-state index contributed by atoms with van der Waals surface area (Å²) in [5.74, 6) is 0.991. The summed E-state index contributed by atoms with van der Waals surface area (Å²) in [4.78, 5) is 0. The van der Waals surface area contributed by atoms with Crippen molar-refractivity contribution in [2.45, 2.75) is 53.4 Å². The topological polar surface area (TPSA) is 18.5 Å². The second-order valence-corrected chi connectivity index (χ2v) is 4.19. The predicted molar refractivity (Wildman–Crippen MR) is 83.2 cm³/mol. The highest BCUT2D eigenvalue weighted by Gasteiger charge is 2.10. The zero-order valence-corrected chi connectivity index (χ0v) is 13.3. The summed E-state index contributed by atoms with van der Waals surface area (Å²) in [7, 11) is 1.72. The van der Waals surface area contributed by atoms with Crippen molar-refractivity contribution >= 4 is 0 Å². The molecule has 0 aliphatic heterocycles. The quantitative estimate of drug-likeness (QED) is 0.739. The Bertz CT molecular complexity index is 317. The highest BCUT2D eigenvalue weighted by atomic mass is 16.5. The van der Waals surface area contributed by atoms with Crippen molar-refractivity contribution in [1.82, 2.24) is 0 Å². The summed E-state index contributed by atoms with van der Waals surface area (Å²) >= 11 is 0. The van der Waals surface area contributed by atoms with Gasteiger partial charge in [0.1, 0.15) is 5.75 Å². The van der Waals surface area contributed by atoms with Gasteiger partial charge in [-0.05, 0) is 55.9 Å². The second kappa shape index (κ2) is 12.0. The van der Waals surface area contributed by atoms with Gasteiger partial charge in [-0.25, -0.2) is 0 Å². The van der Waals surface area contributed by atoms with Gasteiger partial charge in [0, 0.05) is 13.2 Å². The van der Waals surface area contributed by atoms with Crippen LogP contribution >= 0.6 is 0 Å². The smallest absolute Gasteiger partial charge is 0.119 e. The molecule has 2 rings (SSSR count). The first kappa shape index (κ1) is 18.0. The molecule has 0 N–H and O–H groups in total. The largest absolute Gasteiger partial charge is 0.497 e. The van der Waals surface area contributed by atoms with Crippen molar-refractivity contribution in [2.24, 2.45) is 0 Å². The maximum absolute atomic E-state index is 5.14. The first-order chi connectivity index (χ1) is 9.31. The lowest BCUT2D eigenvalue weighted by atomic mass is 10.1. The van der Waals surface area contributed by atoms with Gasteiger partial charge in [-0.3, -0.25) is 0 Å². The molecule has 0 fully saturated rings. The molecular formula is C17H30O2. The fourth-order valence-corrected chi connectivity index (χ4v) is 1.96. The number of hydrogen-bond donors (Lipinski definition) is 0. The van der Waals surface area contributed by atoms with E-state index in [0.29, 0.717) is 0 Å². The SMILES string of the molecule is CC.CCCOCC.COc1ccc2c(c1)CCC2. The Morgan fingerprint density at radius 3 is 2.26 bits per heavy atom. The molecule has 1 aromatic carbocycles. The molecule has 2 nitrogen and oxygen atoms in total. The van der Waals surface area contributed by atoms with Crippen LogP contribution in [0.5, 0.6) is 5.75 Å². The zero-order chi connectivity index (χ0) is 14.5. The van der Waals surface area contributed by atoms with Crippen LogP contribution in [0.1, 0.15) is 51.7 Å². The Morgan fingerprint density at radius 1 is 1.05 bits per heavy atom. The van der Waals surface area contributed by atoms with Gasteiger partial charge in [0.25, 0.3) is 0 Å². The third-order valence-corrected chi connectivity index (χ3v) is 2.86. The number of aryl methyl sites for hydroxylation is 2. The van der Waals surface area contributed by atoms with Crippen LogP contribution in [0.3, 0.4) is 0 Å². The molecule has 0 radical (unpaired) electrons. The number of rotatable bonds is 4. The zero-order valence-electron chi connectivity index (χ0n) is 13.3. The monoisotopic (exact) mass is 266 g/mol. The van der Waals surface area contributed by atoms with Crippen LogP contribution in [-0.2, 0) is 17.6 Å². The lowest BCUT2D eigenvalue weighted by molar-refractivity contribution is 0.148. The van der Waals surface area contributed by atoms with Crippen LogP contribution in [0.4, 0.5) is 0 Å². The minimum absolute atomic E-state index is 0.855. The fraction of sp³-hybridized carbons (Fsp3) is 0.647. The highest BCUT2D eigenvalue weighted by Crippen LogP contribution is 2.25. The van der Waals surface area contributed by atoms with E-state index in [1.165, 1.54) is 30.4 Å². The molecule has 0 spiro atoms. The van der Waals surface area contributed by atoms with Gasteiger partial charge in [-0.1, -0.05) is 26.8 Å². The van der Waals surface area contributed by atoms with Crippen LogP contribution < -0.4 is 4.74 Å². The molecule has 0 bridgehead atoms. The molecule has 0 atom stereocenters. The first-order valence-electron chi connectivity index (χ1n) is 7.55. The van der Waals surface area contributed by atoms with Crippen LogP contribution in [0.25, 0.3) is 0 Å². The molecule has 0 amide bonds. The number of ether oxygens (including phenoxy) is 2. The minimum atomic E-state index is 0.855. The van der Waals surface area contributed by atoms with Gasteiger partial charge in [0.2, 0.25) is 0 Å². The van der Waals surface area contributed by atoms with Crippen LogP contribution in [0.15, 0.2) is 18.2 Å². The summed E-state index contributed by atoms with van der Waals surface area (Å²) in [5, 5.41) is 0. The van der Waals surface area contributed by atoms with Crippen molar-refractivity contribution < 1.29 is 9.47 Å². The maximum Gasteiger partial charge on any atom is 0.119 e. The van der Waals surface area contributed by atoms with E-state index in [9.17, 15) is 0 Å². The molecule has 1 aliphatic rings. The Kier molecular flexibility index (Phi) is 11.4. The minimum Gasteiger partial charge on any atom is -0.497 e. The van der Waals surface area contributed by atoms with Crippen molar-refractivity contribution in [3.8, 4) is 5.75 Å². The molecule has 0 saturated heterocycles. The van der Waals surface area contributed by atoms with Crippen LogP contribution in [0.2, 0.25) is 0 Å². The van der Waals surface area contributed by atoms with Gasteiger partial charge in [0.15, 0.2) is 0 Å². The van der Waals surface area contributed by atoms with E-state index in [1.54, 1.807) is 7.11 Å². The normalized spacial score (nSPS) is 11.6. The molecular weight excluding hydrogens is 236 g/mol. The van der Waals surface area contributed by atoms with Crippen molar-refractivity contribution in [2.75, 3.05) is 20.3 Å². The summed E-state index contributed by atoms with van der Waals surface area (Å²) in [6.45, 7) is 9.88. The number of hydrogen-bond acceptors (Lipinski definition) is 2. The average Bonchev–Trinajstić information content (AvgIpc) is 2.95. The van der Waals surface area contributed by atoms with Gasteiger partial charge >= 0.3 is 0 Å². The summed E-state index contributed by atoms with van der Waals surface area (Å²) in [5.41, 5.74) is 2.98. The van der Waals surface area contributed by atoms with E-state index < -0.39 is 0 Å². The van der Waals surface area contributed by atoms with E-state index in [2.05, 4.69) is 19.1 Å². The average molecular weight is 266 g/mol. The third kappa shape index (κ3) is 7.22. The standard InChI is InChI=1S/C10H12O.C5H12O.C2H6/c1-11-10-6-5-8-3-2-4-9(8)7-10;1-3-5-6-4-2;1-2/h5-7H,2-4H2,1H3;3-5H2,1-2H3;1-2H3. The lowest BCUT2D eigenvalue weighted by Crippen LogP contribution is -1.88. The summed E-state index contributed by atoms with van der Waals surface area (Å²) in [6, 6.07) is 6.38. The van der Waals surface area contributed by atoms with Crippen molar-refractivity contribution in [3.63, 3.8) is 0 Å². The number of benzene rings is 1. The fourth-order valence-electron chi connectivity index (χ4n) is 1.96. The molecule has 110 valence electrons. The van der Waals surface area contributed by atoms with Crippen LogP contribution in [0, 0.1) is 0 Å². The first-order valence-corrected chi connectivity index (χ1v) is 7.55. The number of fused-ring (bicyclic) bond motifs is 1. The van der Waals surface area contributed by atoms with E-state index in [0.717, 1.165) is 25.4 Å². The Balaban J connectivity index is 0.000000350. The summed E-state index contributed by atoms with van der Waals surface area (Å²) < 4.78 is 10.1. The van der Waals surface area contributed by atoms with Gasteiger partial charge in [-0.15, -0.1) is 0 Å². The molecule has 0 unspecified atom stereocenters. The highest BCUT2D eigenvalue weighted by molar-refractivity contribution is 5.38. The molecule has 0 saturated carbocycles. The van der Waals surface area contributed by atoms with E-state index >= 15 is 0 Å². The van der Waals surface area contributed by atoms with Gasteiger partial charge in [-0.2, -0.15) is 0 Å². The lowest BCUT2D eigenvalue weighted by Gasteiger charge is -2.02. The van der Waals surface area contributed by atoms with Gasteiger partial charge < -0.3 is 9.47 Å². The van der Waals surface area contributed by atoms with E-state index in [4.69, 9.17) is 9.47 Å². The Hall–Kier alpha value is -1.02. The van der Waals surface area contributed by atoms with Crippen LogP contribution in [-0.4, -0.2) is 20.3 Å². The van der Waals surface area contributed by atoms with Crippen molar-refractivity contribution in [1.29, 1.82) is 0 Å². The Labute approximate surface area is 119 Å². The summed E-state index contributed by atoms with van der Waals surface area (Å²) in [6.07, 6.45) is 4.92. The maximum atomic E-state index is 5.14. The predicted octanol–water partition coefficient (Wildman–Crippen LogP) is 4.64. The molecule has 0 aromatic heterocycles. The van der Waals surface area contributed by atoms with Crippen molar-refractivity contribution in [3.05, 3.63) is 29.3 Å². The molecule has 19 heavy (non-hydrogen) atoms. The van der Waals surface area contributed by atoms with E-state index in [-0.39, 0.29) is 0 Å². The number of methoxy groups -OCH3 is 1. The molecule has 2 heteroatoms. The van der Waals surface area contributed by atoms with E-state index in [1.807, 2.05) is 26.8 Å². The molecule has 1 aliphatic carbocycles. The van der Waals surface area contributed by atoms with Gasteiger partial charge in [0.05, 0.1) is 7.11 Å². The third-order valence-electron chi connectivity index (χ3n) is 2.86. The molecule has 0 heterocycles. The second-order valence-electron chi connectivity index (χ2n) is 4.19. The molecule has 1 aromatic rings. The Morgan fingerprint density at radius 2 is 1.74 bits per heavy atom.